The standard InChI is InChI=1S/C18H27NO3/c1-4-19(5-2)13-12-18(17(20)21-6-3)16-10-8-7-9-15(16)11-14-22-18/h7-10H,4-6,11-14H2,1-3H3. The third-order valence-corrected chi connectivity index (χ3v) is 4.45. The number of carbonyl (C=O) groups excluding carboxylic acids is 1. The molecule has 0 bridgehead atoms. The zero-order valence-corrected chi connectivity index (χ0v) is 13.9. The molecular weight excluding hydrogens is 278 g/mol. The lowest BCUT2D eigenvalue weighted by molar-refractivity contribution is -0.178. The van der Waals surface area contributed by atoms with Crippen molar-refractivity contribution in [3.8, 4) is 0 Å². The summed E-state index contributed by atoms with van der Waals surface area (Å²) in [7, 11) is 0. The number of carbonyl (C=O) groups is 1. The van der Waals surface area contributed by atoms with E-state index in [4.69, 9.17) is 9.47 Å². The summed E-state index contributed by atoms with van der Waals surface area (Å²) in [4.78, 5) is 15.0. The first-order chi connectivity index (χ1) is 10.7. The van der Waals surface area contributed by atoms with E-state index in [2.05, 4.69) is 24.8 Å². The van der Waals surface area contributed by atoms with Crippen LogP contribution in [0.1, 0.15) is 38.3 Å². The summed E-state index contributed by atoms with van der Waals surface area (Å²) in [6.45, 7) is 9.80. The van der Waals surface area contributed by atoms with Crippen LogP contribution in [0.2, 0.25) is 0 Å². The quantitative estimate of drug-likeness (QED) is 0.726. The van der Waals surface area contributed by atoms with Crippen molar-refractivity contribution in [1.82, 2.24) is 4.90 Å². The van der Waals surface area contributed by atoms with Gasteiger partial charge in [0, 0.05) is 13.0 Å². The normalized spacial score (nSPS) is 20.7. The first-order valence-corrected chi connectivity index (χ1v) is 8.29. The Balaban J connectivity index is 2.33. The Kier molecular flexibility index (Phi) is 5.98. The molecule has 1 heterocycles. The first-order valence-electron chi connectivity index (χ1n) is 8.29. The lowest BCUT2D eigenvalue weighted by Gasteiger charge is -2.38. The van der Waals surface area contributed by atoms with Gasteiger partial charge in [0.1, 0.15) is 0 Å². The number of nitrogens with zero attached hydrogens (tertiary/aromatic N) is 1. The molecule has 1 aliphatic rings. The van der Waals surface area contributed by atoms with Crippen molar-refractivity contribution in [2.75, 3.05) is 32.8 Å². The summed E-state index contributed by atoms with van der Waals surface area (Å²) in [6, 6.07) is 8.08. The number of benzene rings is 1. The Bertz CT molecular complexity index is 499. The van der Waals surface area contributed by atoms with Gasteiger partial charge in [-0.15, -0.1) is 0 Å². The first kappa shape index (κ1) is 17.0. The van der Waals surface area contributed by atoms with Gasteiger partial charge in [0.2, 0.25) is 0 Å². The minimum Gasteiger partial charge on any atom is -0.464 e. The van der Waals surface area contributed by atoms with Crippen LogP contribution in [0.4, 0.5) is 0 Å². The van der Waals surface area contributed by atoms with Crippen molar-refractivity contribution in [2.24, 2.45) is 0 Å². The molecular formula is C18H27NO3. The molecule has 1 unspecified atom stereocenters. The van der Waals surface area contributed by atoms with E-state index in [9.17, 15) is 4.79 Å². The summed E-state index contributed by atoms with van der Waals surface area (Å²) in [5, 5.41) is 0. The van der Waals surface area contributed by atoms with Gasteiger partial charge in [0.15, 0.2) is 5.60 Å². The molecule has 122 valence electrons. The molecule has 0 aliphatic carbocycles. The van der Waals surface area contributed by atoms with E-state index in [0.717, 1.165) is 31.6 Å². The highest BCUT2D eigenvalue weighted by molar-refractivity contribution is 5.82. The second kappa shape index (κ2) is 7.75. The molecule has 1 atom stereocenters. The van der Waals surface area contributed by atoms with E-state index in [-0.39, 0.29) is 5.97 Å². The monoisotopic (exact) mass is 305 g/mol. The summed E-state index contributed by atoms with van der Waals surface area (Å²) >= 11 is 0. The Hall–Kier alpha value is -1.39. The van der Waals surface area contributed by atoms with Crippen LogP contribution in [0.3, 0.4) is 0 Å². The molecule has 0 saturated heterocycles. The number of hydrogen-bond acceptors (Lipinski definition) is 4. The van der Waals surface area contributed by atoms with E-state index in [1.165, 1.54) is 5.56 Å². The van der Waals surface area contributed by atoms with Crippen molar-refractivity contribution in [3.05, 3.63) is 35.4 Å². The average molecular weight is 305 g/mol. The molecule has 1 aliphatic heterocycles. The van der Waals surface area contributed by atoms with Crippen LogP contribution in [0, 0.1) is 0 Å². The maximum atomic E-state index is 12.7. The molecule has 22 heavy (non-hydrogen) atoms. The zero-order chi connectivity index (χ0) is 16.0. The lowest BCUT2D eigenvalue weighted by Crippen LogP contribution is -2.46. The molecule has 0 fully saturated rings. The van der Waals surface area contributed by atoms with Gasteiger partial charge < -0.3 is 14.4 Å². The van der Waals surface area contributed by atoms with Crippen molar-refractivity contribution < 1.29 is 14.3 Å². The predicted octanol–water partition coefficient (Wildman–Crippen LogP) is 2.75. The molecule has 0 radical (unpaired) electrons. The van der Waals surface area contributed by atoms with E-state index in [0.29, 0.717) is 19.6 Å². The smallest absolute Gasteiger partial charge is 0.343 e. The highest BCUT2D eigenvalue weighted by Crippen LogP contribution is 2.37. The van der Waals surface area contributed by atoms with Gasteiger partial charge in [0.05, 0.1) is 13.2 Å². The maximum absolute atomic E-state index is 12.7. The molecule has 0 aromatic heterocycles. The summed E-state index contributed by atoms with van der Waals surface area (Å²) < 4.78 is 11.4. The molecule has 0 spiro atoms. The highest BCUT2D eigenvalue weighted by atomic mass is 16.6. The predicted molar refractivity (Wildman–Crippen MR) is 86.8 cm³/mol. The minimum absolute atomic E-state index is 0.255. The Morgan fingerprint density at radius 2 is 2.00 bits per heavy atom. The SMILES string of the molecule is CCOC(=O)C1(CCN(CC)CC)OCCc2ccccc21. The van der Waals surface area contributed by atoms with Crippen LogP contribution in [-0.2, 0) is 26.3 Å². The van der Waals surface area contributed by atoms with Gasteiger partial charge in [-0.1, -0.05) is 38.1 Å². The van der Waals surface area contributed by atoms with Gasteiger partial charge in [-0.3, -0.25) is 0 Å². The van der Waals surface area contributed by atoms with Crippen LogP contribution in [0.15, 0.2) is 24.3 Å². The van der Waals surface area contributed by atoms with Crippen molar-refractivity contribution in [1.29, 1.82) is 0 Å². The zero-order valence-electron chi connectivity index (χ0n) is 13.9. The van der Waals surface area contributed by atoms with E-state index >= 15 is 0 Å². The molecule has 4 heteroatoms. The Labute approximate surface area is 133 Å². The number of ether oxygens (including phenoxy) is 2. The molecule has 1 aromatic rings. The fourth-order valence-electron chi connectivity index (χ4n) is 3.13. The maximum Gasteiger partial charge on any atom is 0.343 e. The van der Waals surface area contributed by atoms with Gasteiger partial charge in [-0.2, -0.15) is 0 Å². The molecule has 0 saturated carbocycles. The topological polar surface area (TPSA) is 38.8 Å². The second-order valence-corrected chi connectivity index (χ2v) is 5.58. The van der Waals surface area contributed by atoms with E-state index < -0.39 is 5.60 Å². The summed E-state index contributed by atoms with van der Waals surface area (Å²) in [6.07, 6.45) is 1.48. The fourth-order valence-corrected chi connectivity index (χ4v) is 3.13. The molecule has 0 amide bonds. The lowest BCUT2D eigenvalue weighted by atomic mass is 9.83. The van der Waals surface area contributed by atoms with Crippen LogP contribution < -0.4 is 0 Å². The van der Waals surface area contributed by atoms with Crippen molar-refractivity contribution in [2.45, 2.75) is 39.2 Å². The fraction of sp³-hybridized carbons (Fsp3) is 0.611. The van der Waals surface area contributed by atoms with Crippen LogP contribution in [-0.4, -0.2) is 43.7 Å². The number of rotatable bonds is 7. The summed E-state index contributed by atoms with van der Waals surface area (Å²) in [5.74, 6) is -0.255. The number of hydrogen-bond donors (Lipinski definition) is 0. The largest absolute Gasteiger partial charge is 0.464 e. The molecule has 0 N–H and O–H groups in total. The van der Waals surface area contributed by atoms with Crippen LogP contribution in [0.5, 0.6) is 0 Å². The van der Waals surface area contributed by atoms with Gasteiger partial charge in [-0.25, -0.2) is 4.79 Å². The highest BCUT2D eigenvalue weighted by Gasteiger charge is 2.46. The van der Waals surface area contributed by atoms with Gasteiger partial charge in [-0.05, 0) is 37.6 Å². The Morgan fingerprint density at radius 1 is 1.27 bits per heavy atom. The second-order valence-electron chi connectivity index (χ2n) is 5.58. The van der Waals surface area contributed by atoms with Crippen LogP contribution >= 0.6 is 0 Å². The molecule has 4 nitrogen and oxygen atoms in total. The number of fused-ring (bicyclic) bond motifs is 1. The molecule has 2 rings (SSSR count). The third kappa shape index (κ3) is 3.33. The minimum atomic E-state index is -0.951. The van der Waals surface area contributed by atoms with Gasteiger partial charge >= 0.3 is 5.97 Å². The van der Waals surface area contributed by atoms with E-state index in [1.807, 2.05) is 25.1 Å². The third-order valence-electron chi connectivity index (χ3n) is 4.45. The average Bonchev–Trinajstić information content (AvgIpc) is 2.56. The Morgan fingerprint density at radius 3 is 2.68 bits per heavy atom. The number of esters is 1. The van der Waals surface area contributed by atoms with Crippen molar-refractivity contribution >= 4 is 5.97 Å². The van der Waals surface area contributed by atoms with Crippen LogP contribution in [0.25, 0.3) is 0 Å². The van der Waals surface area contributed by atoms with Gasteiger partial charge in [0.25, 0.3) is 0 Å². The van der Waals surface area contributed by atoms with Crippen molar-refractivity contribution in [3.63, 3.8) is 0 Å². The van der Waals surface area contributed by atoms with E-state index in [1.54, 1.807) is 0 Å². The summed E-state index contributed by atoms with van der Waals surface area (Å²) in [5.41, 5.74) is 1.22. The molecule has 1 aromatic carbocycles.